The first-order chi connectivity index (χ1) is 12.4. The van der Waals surface area contributed by atoms with Crippen LogP contribution in [0.4, 0.5) is 4.79 Å². The van der Waals surface area contributed by atoms with E-state index in [0.29, 0.717) is 28.0 Å². The molecule has 1 unspecified atom stereocenters. The van der Waals surface area contributed by atoms with Gasteiger partial charge >= 0.3 is 6.03 Å². The second-order valence-corrected chi connectivity index (χ2v) is 6.95. The van der Waals surface area contributed by atoms with Crippen LogP contribution in [0.5, 0.6) is 5.75 Å². The molecule has 1 aliphatic heterocycles. The molecule has 1 atom stereocenters. The third kappa shape index (κ3) is 3.24. The number of carbonyl (C=O) groups excluding carboxylic acids is 2. The van der Waals surface area contributed by atoms with Crippen molar-refractivity contribution in [1.82, 2.24) is 10.2 Å². The fraction of sp³-hybridized carbons (Fsp3) is 0.263. The van der Waals surface area contributed by atoms with E-state index in [-0.39, 0.29) is 12.5 Å². The van der Waals surface area contributed by atoms with E-state index in [1.807, 2.05) is 31.2 Å². The minimum absolute atomic E-state index is 0.113. The van der Waals surface area contributed by atoms with Gasteiger partial charge in [-0.2, -0.15) is 0 Å². The number of halogens is 2. The van der Waals surface area contributed by atoms with Gasteiger partial charge < -0.3 is 10.1 Å². The van der Waals surface area contributed by atoms with Crippen molar-refractivity contribution in [3.05, 3.63) is 63.6 Å². The summed E-state index contributed by atoms with van der Waals surface area (Å²) in [4.78, 5) is 26.7. The van der Waals surface area contributed by atoms with Crippen LogP contribution in [0.25, 0.3) is 0 Å². The molecule has 2 aromatic rings. The third-order valence-corrected chi connectivity index (χ3v) is 4.89. The van der Waals surface area contributed by atoms with Gasteiger partial charge in [-0.25, -0.2) is 4.79 Å². The molecule has 2 aromatic carbocycles. The van der Waals surface area contributed by atoms with E-state index in [1.165, 1.54) is 4.90 Å². The van der Waals surface area contributed by atoms with Crippen LogP contribution in [0.15, 0.2) is 42.5 Å². The zero-order valence-electron chi connectivity index (χ0n) is 14.4. The lowest BCUT2D eigenvalue weighted by Crippen LogP contribution is -2.41. The molecule has 1 N–H and O–H groups in total. The molecule has 1 saturated heterocycles. The second kappa shape index (κ2) is 7.17. The van der Waals surface area contributed by atoms with E-state index in [4.69, 9.17) is 27.9 Å². The average Bonchev–Trinajstić information content (AvgIpc) is 2.80. The van der Waals surface area contributed by atoms with E-state index in [0.717, 1.165) is 5.56 Å². The van der Waals surface area contributed by atoms with Gasteiger partial charge in [0.05, 0.1) is 13.2 Å². The molecular formula is C19H18Cl2N2O3. The Morgan fingerprint density at radius 3 is 2.58 bits per heavy atom. The monoisotopic (exact) mass is 392 g/mol. The lowest BCUT2D eigenvalue weighted by Gasteiger charge is -2.23. The SMILES string of the molecule is CCOc1ccccc1CN1C(=O)NC(C)(c2ccc(Cl)cc2Cl)C1=O. The zero-order chi connectivity index (χ0) is 18.9. The summed E-state index contributed by atoms with van der Waals surface area (Å²) >= 11 is 12.2. The minimum Gasteiger partial charge on any atom is -0.494 e. The van der Waals surface area contributed by atoms with Crippen molar-refractivity contribution in [2.45, 2.75) is 25.9 Å². The predicted octanol–water partition coefficient (Wildman–Crippen LogP) is 4.36. The maximum Gasteiger partial charge on any atom is 0.325 e. The molecule has 0 bridgehead atoms. The number of carbonyl (C=O) groups is 2. The first kappa shape index (κ1) is 18.5. The van der Waals surface area contributed by atoms with E-state index < -0.39 is 11.6 Å². The summed E-state index contributed by atoms with van der Waals surface area (Å²) in [5.74, 6) is 0.270. The van der Waals surface area contributed by atoms with Gasteiger partial charge in [-0.15, -0.1) is 0 Å². The van der Waals surface area contributed by atoms with E-state index in [9.17, 15) is 9.59 Å². The predicted molar refractivity (Wildman–Crippen MR) is 101 cm³/mol. The van der Waals surface area contributed by atoms with Crippen molar-refractivity contribution in [3.63, 3.8) is 0 Å². The molecule has 0 saturated carbocycles. The molecule has 1 heterocycles. The Morgan fingerprint density at radius 2 is 1.88 bits per heavy atom. The molecule has 1 fully saturated rings. The fourth-order valence-corrected chi connectivity index (χ4v) is 3.62. The standard InChI is InChI=1S/C19H18Cl2N2O3/c1-3-26-16-7-5-4-6-12(16)11-23-17(24)19(2,22-18(23)25)14-9-8-13(20)10-15(14)21/h4-10H,3,11H2,1-2H3,(H,22,25). The van der Waals surface area contributed by atoms with Crippen LogP contribution < -0.4 is 10.1 Å². The first-order valence-corrected chi connectivity index (χ1v) is 8.92. The number of hydrogen-bond donors (Lipinski definition) is 1. The molecule has 1 aliphatic rings. The van der Waals surface area contributed by atoms with E-state index >= 15 is 0 Å². The van der Waals surface area contributed by atoms with Crippen LogP contribution in [0.2, 0.25) is 10.0 Å². The number of imide groups is 1. The number of para-hydroxylation sites is 1. The van der Waals surface area contributed by atoms with Gasteiger partial charge in [-0.1, -0.05) is 47.5 Å². The highest BCUT2D eigenvalue weighted by molar-refractivity contribution is 6.35. The van der Waals surface area contributed by atoms with Gasteiger partial charge in [-0.3, -0.25) is 9.69 Å². The second-order valence-electron chi connectivity index (χ2n) is 6.11. The van der Waals surface area contributed by atoms with Gasteiger partial charge in [0, 0.05) is 21.2 Å². The Kier molecular flexibility index (Phi) is 5.12. The highest BCUT2D eigenvalue weighted by Crippen LogP contribution is 2.36. The number of urea groups is 1. The molecule has 5 nitrogen and oxygen atoms in total. The largest absolute Gasteiger partial charge is 0.494 e. The van der Waals surface area contributed by atoms with Gasteiger partial charge in [0.1, 0.15) is 11.3 Å². The number of rotatable bonds is 5. The zero-order valence-corrected chi connectivity index (χ0v) is 15.9. The van der Waals surface area contributed by atoms with Crippen LogP contribution in [-0.4, -0.2) is 23.4 Å². The molecule has 0 aliphatic carbocycles. The third-order valence-electron chi connectivity index (χ3n) is 4.35. The summed E-state index contributed by atoms with van der Waals surface area (Å²) in [7, 11) is 0. The highest BCUT2D eigenvalue weighted by atomic mass is 35.5. The Balaban J connectivity index is 1.92. The lowest BCUT2D eigenvalue weighted by atomic mass is 9.92. The quantitative estimate of drug-likeness (QED) is 0.768. The molecule has 7 heteroatoms. The van der Waals surface area contributed by atoms with Crippen molar-refractivity contribution in [2.75, 3.05) is 6.61 Å². The molecule has 3 amide bonds. The van der Waals surface area contributed by atoms with E-state index in [1.54, 1.807) is 25.1 Å². The van der Waals surface area contributed by atoms with Crippen LogP contribution >= 0.6 is 23.2 Å². The molecule has 0 aromatic heterocycles. The summed E-state index contributed by atoms with van der Waals surface area (Å²) in [6.07, 6.45) is 0. The molecule has 0 radical (unpaired) electrons. The van der Waals surface area contributed by atoms with Crippen molar-refractivity contribution in [3.8, 4) is 5.75 Å². The Morgan fingerprint density at radius 1 is 1.15 bits per heavy atom. The number of hydrogen-bond acceptors (Lipinski definition) is 3. The Bertz CT molecular complexity index is 872. The maximum atomic E-state index is 13.1. The normalized spacial score (nSPS) is 19.6. The summed E-state index contributed by atoms with van der Waals surface area (Å²) < 4.78 is 5.58. The molecule has 0 spiro atoms. The first-order valence-electron chi connectivity index (χ1n) is 8.17. The summed E-state index contributed by atoms with van der Waals surface area (Å²) in [5, 5.41) is 3.53. The van der Waals surface area contributed by atoms with Gasteiger partial charge in [0.15, 0.2) is 0 Å². The Hall–Kier alpha value is -2.24. The van der Waals surface area contributed by atoms with Gasteiger partial charge in [0.2, 0.25) is 0 Å². The Labute approximate surface area is 161 Å². The van der Waals surface area contributed by atoms with E-state index in [2.05, 4.69) is 5.32 Å². The lowest BCUT2D eigenvalue weighted by molar-refractivity contribution is -0.131. The number of nitrogens with zero attached hydrogens (tertiary/aromatic N) is 1. The number of benzene rings is 2. The van der Waals surface area contributed by atoms with Crippen LogP contribution in [-0.2, 0) is 16.9 Å². The topological polar surface area (TPSA) is 58.6 Å². The average molecular weight is 393 g/mol. The smallest absolute Gasteiger partial charge is 0.325 e. The summed E-state index contributed by atoms with van der Waals surface area (Å²) in [6.45, 7) is 4.12. The maximum absolute atomic E-state index is 13.1. The fourth-order valence-electron chi connectivity index (χ4n) is 3.02. The van der Waals surface area contributed by atoms with Crippen molar-refractivity contribution in [2.24, 2.45) is 0 Å². The van der Waals surface area contributed by atoms with Crippen LogP contribution in [0, 0.1) is 0 Å². The minimum atomic E-state index is -1.25. The molecular weight excluding hydrogens is 375 g/mol. The van der Waals surface area contributed by atoms with Gasteiger partial charge in [-0.05, 0) is 32.0 Å². The highest BCUT2D eigenvalue weighted by Gasteiger charge is 2.50. The number of nitrogens with one attached hydrogen (secondary N) is 1. The number of ether oxygens (including phenoxy) is 1. The van der Waals surface area contributed by atoms with Crippen LogP contribution in [0.3, 0.4) is 0 Å². The van der Waals surface area contributed by atoms with Gasteiger partial charge in [0.25, 0.3) is 5.91 Å². The molecule has 3 rings (SSSR count). The summed E-state index contributed by atoms with van der Waals surface area (Å²) in [5.41, 5.74) is 0.00563. The van der Waals surface area contributed by atoms with Crippen molar-refractivity contribution >= 4 is 35.1 Å². The van der Waals surface area contributed by atoms with Crippen molar-refractivity contribution < 1.29 is 14.3 Å². The van der Waals surface area contributed by atoms with Crippen molar-refractivity contribution in [1.29, 1.82) is 0 Å². The summed E-state index contributed by atoms with van der Waals surface area (Å²) in [6, 6.07) is 11.7. The number of amides is 3. The molecule has 136 valence electrons. The van der Waals surface area contributed by atoms with Crippen LogP contribution in [0.1, 0.15) is 25.0 Å². The molecule has 26 heavy (non-hydrogen) atoms.